The summed E-state index contributed by atoms with van der Waals surface area (Å²) in [6.07, 6.45) is 0.817. The Morgan fingerprint density at radius 3 is 2.22 bits per heavy atom. The molecular formula is C24H39N5O3. The van der Waals surface area contributed by atoms with Gasteiger partial charge in [0.15, 0.2) is 0 Å². The van der Waals surface area contributed by atoms with E-state index in [1.165, 1.54) is 5.69 Å². The Morgan fingerprint density at radius 1 is 0.969 bits per heavy atom. The third kappa shape index (κ3) is 6.92. The molecule has 2 aliphatic rings. The molecule has 2 fully saturated rings. The minimum atomic E-state index is 0.0331. The van der Waals surface area contributed by atoms with Gasteiger partial charge in [-0.3, -0.25) is 19.4 Å². The lowest BCUT2D eigenvalue weighted by atomic mass is 10.1. The van der Waals surface area contributed by atoms with Crippen molar-refractivity contribution < 1.29 is 14.3 Å². The molecule has 2 heterocycles. The van der Waals surface area contributed by atoms with Gasteiger partial charge in [0.05, 0.1) is 6.54 Å². The minimum absolute atomic E-state index is 0.0331. The summed E-state index contributed by atoms with van der Waals surface area (Å²) in [5.74, 6) is 0.107. The highest BCUT2D eigenvalue weighted by atomic mass is 16.5. The number of anilines is 1. The number of piperazine rings is 2. The first-order valence-corrected chi connectivity index (χ1v) is 11.8. The molecule has 0 saturated carbocycles. The molecule has 178 valence electrons. The highest BCUT2D eigenvalue weighted by Crippen LogP contribution is 2.19. The summed E-state index contributed by atoms with van der Waals surface area (Å²) in [5, 5.41) is 2.92. The first-order valence-electron chi connectivity index (χ1n) is 11.8. The van der Waals surface area contributed by atoms with Crippen molar-refractivity contribution in [2.45, 2.75) is 26.3 Å². The summed E-state index contributed by atoms with van der Waals surface area (Å²) in [4.78, 5) is 33.9. The molecule has 2 aliphatic heterocycles. The molecule has 2 saturated heterocycles. The molecule has 0 spiro atoms. The predicted molar refractivity (Wildman–Crippen MR) is 127 cm³/mol. The number of rotatable bonds is 9. The zero-order valence-electron chi connectivity index (χ0n) is 19.9. The van der Waals surface area contributed by atoms with Crippen LogP contribution in [-0.4, -0.2) is 112 Å². The maximum atomic E-state index is 12.9. The molecule has 0 aliphatic carbocycles. The van der Waals surface area contributed by atoms with Gasteiger partial charge < -0.3 is 19.9 Å². The molecule has 8 heteroatoms. The van der Waals surface area contributed by atoms with Gasteiger partial charge in [-0.05, 0) is 44.5 Å². The topological polar surface area (TPSA) is 68.4 Å². The van der Waals surface area contributed by atoms with E-state index in [-0.39, 0.29) is 11.8 Å². The van der Waals surface area contributed by atoms with E-state index in [1.54, 1.807) is 7.11 Å². The van der Waals surface area contributed by atoms with Crippen LogP contribution in [0.1, 0.15) is 30.6 Å². The van der Waals surface area contributed by atoms with Crippen molar-refractivity contribution in [1.82, 2.24) is 20.0 Å². The second-order valence-electron chi connectivity index (χ2n) is 8.93. The maximum absolute atomic E-state index is 12.9. The van der Waals surface area contributed by atoms with E-state index in [4.69, 9.17) is 4.74 Å². The van der Waals surface area contributed by atoms with Gasteiger partial charge in [0, 0.05) is 89.9 Å². The fourth-order valence-electron chi connectivity index (χ4n) is 4.31. The van der Waals surface area contributed by atoms with Crippen molar-refractivity contribution in [3.05, 3.63) is 29.8 Å². The molecule has 0 radical (unpaired) electrons. The molecule has 0 bridgehead atoms. The fourth-order valence-corrected chi connectivity index (χ4v) is 4.31. The lowest BCUT2D eigenvalue weighted by Gasteiger charge is -2.38. The van der Waals surface area contributed by atoms with Gasteiger partial charge in [0.2, 0.25) is 5.91 Å². The summed E-state index contributed by atoms with van der Waals surface area (Å²) in [7, 11) is 1.66. The highest BCUT2D eigenvalue weighted by molar-refractivity contribution is 5.94. The van der Waals surface area contributed by atoms with Crippen LogP contribution in [0.25, 0.3) is 0 Å². The summed E-state index contributed by atoms with van der Waals surface area (Å²) in [6, 6.07) is 8.64. The molecule has 32 heavy (non-hydrogen) atoms. The largest absolute Gasteiger partial charge is 0.385 e. The van der Waals surface area contributed by atoms with Gasteiger partial charge in [-0.25, -0.2) is 0 Å². The van der Waals surface area contributed by atoms with Crippen molar-refractivity contribution in [1.29, 1.82) is 0 Å². The van der Waals surface area contributed by atoms with E-state index in [0.717, 1.165) is 51.3 Å². The number of nitrogens with one attached hydrogen (secondary N) is 1. The summed E-state index contributed by atoms with van der Waals surface area (Å²) >= 11 is 0. The lowest BCUT2D eigenvalue weighted by molar-refractivity contribution is -0.122. The molecule has 8 nitrogen and oxygen atoms in total. The van der Waals surface area contributed by atoms with Crippen LogP contribution < -0.4 is 10.2 Å². The molecule has 2 amide bonds. The quantitative estimate of drug-likeness (QED) is 0.575. The minimum Gasteiger partial charge on any atom is -0.385 e. The Balaban J connectivity index is 1.42. The smallest absolute Gasteiger partial charge is 0.253 e. The van der Waals surface area contributed by atoms with Gasteiger partial charge >= 0.3 is 0 Å². The number of nitrogens with zero attached hydrogens (tertiary/aromatic N) is 4. The van der Waals surface area contributed by atoms with Crippen LogP contribution in [0.4, 0.5) is 5.69 Å². The van der Waals surface area contributed by atoms with Gasteiger partial charge in [-0.15, -0.1) is 0 Å². The monoisotopic (exact) mass is 445 g/mol. The second kappa shape index (κ2) is 12.2. The predicted octanol–water partition coefficient (Wildman–Crippen LogP) is 1.13. The van der Waals surface area contributed by atoms with Crippen molar-refractivity contribution in [3.63, 3.8) is 0 Å². The third-order valence-electron chi connectivity index (χ3n) is 6.40. The number of carbonyl (C=O) groups is 2. The summed E-state index contributed by atoms with van der Waals surface area (Å²) in [5.41, 5.74) is 1.92. The Morgan fingerprint density at radius 2 is 1.62 bits per heavy atom. The molecule has 1 N–H and O–H groups in total. The first kappa shape index (κ1) is 24.5. The second-order valence-corrected chi connectivity index (χ2v) is 8.93. The van der Waals surface area contributed by atoms with Crippen LogP contribution in [0, 0.1) is 0 Å². The zero-order valence-corrected chi connectivity index (χ0v) is 19.9. The van der Waals surface area contributed by atoms with Gasteiger partial charge in [-0.1, -0.05) is 0 Å². The average molecular weight is 446 g/mol. The molecular weight excluding hydrogens is 406 g/mol. The summed E-state index contributed by atoms with van der Waals surface area (Å²) in [6.45, 7) is 13.1. The van der Waals surface area contributed by atoms with Gasteiger partial charge in [-0.2, -0.15) is 0 Å². The third-order valence-corrected chi connectivity index (χ3v) is 6.40. The number of methoxy groups -OCH3 is 1. The molecule has 0 aromatic heterocycles. The highest BCUT2D eigenvalue weighted by Gasteiger charge is 2.24. The van der Waals surface area contributed by atoms with Crippen molar-refractivity contribution in [2.24, 2.45) is 0 Å². The average Bonchev–Trinajstić information content (AvgIpc) is 2.82. The number of ether oxygens (including phenoxy) is 1. The van der Waals surface area contributed by atoms with Crippen LogP contribution in [0.5, 0.6) is 0 Å². The Kier molecular flexibility index (Phi) is 9.32. The van der Waals surface area contributed by atoms with E-state index < -0.39 is 0 Å². The number of amides is 2. The maximum Gasteiger partial charge on any atom is 0.253 e. The van der Waals surface area contributed by atoms with E-state index in [2.05, 4.69) is 46.0 Å². The molecule has 1 aromatic carbocycles. The van der Waals surface area contributed by atoms with Gasteiger partial charge in [0.25, 0.3) is 5.91 Å². The molecule has 3 rings (SSSR count). The standard InChI is InChI=1S/C24H39N5O3/c1-20(2)27-14-16-28(17-15-27)22-7-5-21(6-8-22)24(31)29-12-10-26(11-13-29)19-23(30)25-9-4-18-32-3/h5-8,20H,4,9-19H2,1-3H3,(H,25,30). The van der Waals surface area contributed by atoms with Crippen molar-refractivity contribution in [3.8, 4) is 0 Å². The number of hydrogen-bond donors (Lipinski definition) is 1. The number of benzene rings is 1. The molecule has 0 unspecified atom stereocenters. The van der Waals surface area contributed by atoms with Crippen LogP contribution in [0.3, 0.4) is 0 Å². The van der Waals surface area contributed by atoms with Crippen LogP contribution >= 0.6 is 0 Å². The van der Waals surface area contributed by atoms with Crippen LogP contribution in [0.2, 0.25) is 0 Å². The molecule has 1 aromatic rings. The van der Waals surface area contributed by atoms with Gasteiger partial charge in [0.1, 0.15) is 0 Å². The Labute approximate surface area is 192 Å². The number of hydrogen-bond acceptors (Lipinski definition) is 6. The lowest BCUT2D eigenvalue weighted by Crippen LogP contribution is -2.51. The van der Waals surface area contributed by atoms with Crippen LogP contribution in [0.15, 0.2) is 24.3 Å². The number of carbonyl (C=O) groups excluding carboxylic acids is 2. The summed E-state index contributed by atoms with van der Waals surface area (Å²) < 4.78 is 4.99. The SMILES string of the molecule is COCCCNC(=O)CN1CCN(C(=O)c2ccc(N3CCN(C(C)C)CC3)cc2)CC1. The van der Waals surface area contributed by atoms with E-state index in [1.807, 2.05) is 17.0 Å². The normalized spacial score (nSPS) is 18.2. The van der Waals surface area contributed by atoms with E-state index in [0.29, 0.717) is 38.8 Å². The Hall–Kier alpha value is -2.16. The van der Waals surface area contributed by atoms with Crippen LogP contribution in [-0.2, 0) is 9.53 Å². The van der Waals surface area contributed by atoms with Crippen molar-refractivity contribution >= 4 is 17.5 Å². The van der Waals surface area contributed by atoms with Crippen molar-refractivity contribution in [2.75, 3.05) is 84.1 Å². The fraction of sp³-hybridized carbons (Fsp3) is 0.667. The van der Waals surface area contributed by atoms with E-state index in [9.17, 15) is 9.59 Å². The Bertz CT molecular complexity index is 724. The van der Waals surface area contributed by atoms with E-state index >= 15 is 0 Å². The first-order chi connectivity index (χ1) is 15.5. The zero-order chi connectivity index (χ0) is 22.9. The molecule has 0 atom stereocenters.